The summed E-state index contributed by atoms with van der Waals surface area (Å²) in [6.45, 7) is 3.81. The molecule has 70 valence electrons. The Balaban J connectivity index is 3.10. The molecule has 1 aromatic heterocycles. The Morgan fingerprint density at radius 2 is 2.23 bits per heavy atom. The molecule has 0 saturated carbocycles. The van der Waals surface area contributed by atoms with Gasteiger partial charge in [0.2, 0.25) is 0 Å². The molecule has 1 aromatic rings. The fraction of sp³-hybridized carbons (Fsp3) is 0.444. The van der Waals surface area contributed by atoms with Crippen LogP contribution in [0.5, 0.6) is 0 Å². The van der Waals surface area contributed by atoms with Crippen LogP contribution in [0.15, 0.2) is 12.4 Å². The zero-order valence-electron chi connectivity index (χ0n) is 7.78. The number of nitro groups is 1. The normalized spacial score (nSPS) is 10.0. The van der Waals surface area contributed by atoms with Crippen molar-refractivity contribution >= 4 is 5.69 Å². The summed E-state index contributed by atoms with van der Waals surface area (Å²) < 4.78 is 0. The maximum Gasteiger partial charge on any atom is 0.290 e. The van der Waals surface area contributed by atoms with Gasteiger partial charge in [-0.1, -0.05) is 13.3 Å². The van der Waals surface area contributed by atoms with E-state index in [1.54, 1.807) is 13.1 Å². The molecule has 0 saturated heterocycles. The summed E-state index contributed by atoms with van der Waals surface area (Å²) in [5.41, 5.74) is 1.82. The van der Waals surface area contributed by atoms with Crippen LogP contribution in [0, 0.1) is 17.0 Å². The highest BCUT2D eigenvalue weighted by molar-refractivity contribution is 5.41. The summed E-state index contributed by atoms with van der Waals surface area (Å²) >= 11 is 0. The number of rotatable bonds is 3. The van der Waals surface area contributed by atoms with Crippen LogP contribution in [-0.2, 0) is 6.42 Å². The first kappa shape index (κ1) is 9.64. The molecule has 0 radical (unpaired) electrons. The van der Waals surface area contributed by atoms with Crippen molar-refractivity contribution < 1.29 is 4.92 Å². The number of pyridine rings is 1. The van der Waals surface area contributed by atoms with Crippen molar-refractivity contribution in [3.05, 3.63) is 33.6 Å². The summed E-state index contributed by atoms with van der Waals surface area (Å²) in [6, 6.07) is 0. The molecule has 13 heavy (non-hydrogen) atoms. The van der Waals surface area contributed by atoms with Gasteiger partial charge in [0.25, 0.3) is 5.69 Å². The molecule has 0 N–H and O–H groups in total. The van der Waals surface area contributed by atoms with Crippen molar-refractivity contribution in [2.24, 2.45) is 0 Å². The highest BCUT2D eigenvalue weighted by atomic mass is 16.6. The van der Waals surface area contributed by atoms with Gasteiger partial charge in [0.15, 0.2) is 0 Å². The lowest BCUT2D eigenvalue weighted by atomic mass is 10.1. The average molecular weight is 180 g/mol. The minimum Gasteiger partial charge on any atom is -0.258 e. The van der Waals surface area contributed by atoms with Gasteiger partial charge in [-0.15, -0.1) is 0 Å². The third-order valence-corrected chi connectivity index (χ3v) is 2.01. The standard InChI is InChI=1S/C9H12N2O2/c1-3-4-8-5-10-6-9(7(8)2)11(12)13/h5-6H,3-4H2,1-2H3. The van der Waals surface area contributed by atoms with Crippen LogP contribution in [-0.4, -0.2) is 9.91 Å². The minimum atomic E-state index is -0.387. The third-order valence-electron chi connectivity index (χ3n) is 2.01. The topological polar surface area (TPSA) is 56.0 Å². The molecular weight excluding hydrogens is 168 g/mol. The molecule has 0 aliphatic carbocycles. The van der Waals surface area contributed by atoms with Gasteiger partial charge in [-0.3, -0.25) is 15.1 Å². The largest absolute Gasteiger partial charge is 0.290 e. The van der Waals surface area contributed by atoms with E-state index in [1.165, 1.54) is 6.20 Å². The molecule has 0 aromatic carbocycles. The zero-order valence-corrected chi connectivity index (χ0v) is 7.78. The van der Waals surface area contributed by atoms with Crippen LogP contribution in [0.1, 0.15) is 24.5 Å². The molecule has 4 nitrogen and oxygen atoms in total. The first-order valence-corrected chi connectivity index (χ1v) is 4.24. The summed E-state index contributed by atoms with van der Waals surface area (Å²) in [7, 11) is 0. The predicted molar refractivity (Wildman–Crippen MR) is 49.6 cm³/mol. The number of nitrogens with zero attached hydrogens (tertiary/aromatic N) is 2. The Labute approximate surface area is 76.8 Å². The van der Waals surface area contributed by atoms with Gasteiger partial charge in [-0.05, 0) is 18.9 Å². The Hall–Kier alpha value is -1.45. The number of aryl methyl sites for hydroxylation is 1. The van der Waals surface area contributed by atoms with E-state index in [-0.39, 0.29) is 10.6 Å². The van der Waals surface area contributed by atoms with Crippen LogP contribution >= 0.6 is 0 Å². The van der Waals surface area contributed by atoms with Crippen LogP contribution in [0.3, 0.4) is 0 Å². The first-order valence-electron chi connectivity index (χ1n) is 4.24. The number of hydrogen-bond acceptors (Lipinski definition) is 3. The smallest absolute Gasteiger partial charge is 0.258 e. The molecule has 0 aliphatic heterocycles. The minimum absolute atomic E-state index is 0.117. The molecule has 1 rings (SSSR count). The maximum absolute atomic E-state index is 10.5. The Morgan fingerprint density at radius 3 is 2.77 bits per heavy atom. The average Bonchev–Trinajstić information content (AvgIpc) is 2.08. The van der Waals surface area contributed by atoms with Gasteiger partial charge in [-0.25, -0.2) is 0 Å². The van der Waals surface area contributed by atoms with Crippen LogP contribution < -0.4 is 0 Å². The molecule has 0 spiro atoms. The first-order chi connectivity index (χ1) is 6.16. The van der Waals surface area contributed by atoms with Gasteiger partial charge < -0.3 is 0 Å². The second-order valence-electron chi connectivity index (χ2n) is 2.95. The fourth-order valence-electron chi connectivity index (χ4n) is 1.26. The zero-order chi connectivity index (χ0) is 9.84. The van der Waals surface area contributed by atoms with Crippen molar-refractivity contribution in [1.82, 2.24) is 4.98 Å². The quantitative estimate of drug-likeness (QED) is 0.529. The summed E-state index contributed by atoms with van der Waals surface area (Å²) in [5.74, 6) is 0. The third kappa shape index (κ3) is 2.02. The lowest BCUT2D eigenvalue weighted by molar-refractivity contribution is -0.385. The van der Waals surface area contributed by atoms with E-state index < -0.39 is 0 Å². The van der Waals surface area contributed by atoms with Crippen molar-refractivity contribution in [2.75, 3.05) is 0 Å². The van der Waals surface area contributed by atoms with E-state index in [2.05, 4.69) is 4.98 Å². The SMILES string of the molecule is CCCc1cncc([N+](=O)[O-])c1C. The molecule has 0 fully saturated rings. The van der Waals surface area contributed by atoms with Crippen LogP contribution in [0.25, 0.3) is 0 Å². The van der Waals surface area contributed by atoms with Crippen LogP contribution in [0.2, 0.25) is 0 Å². The maximum atomic E-state index is 10.5. The highest BCUT2D eigenvalue weighted by Gasteiger charge is 2.12. The number of hydrogen-bond donors (Lipinski definition) is 0. The van der Waals surface area contributed by atoms with E-state index in [9.17, 15) is 10.1 Å². The van der Waals surface area contributed by atoms with Gasteiger partial charge >= 0.3 is 0 Å². The van der Waals surface area contributed by atoms with Crippen molar-refractivity contribution in [3.8, 4) is 0 Å². The van der Waals surface area contributed by atoms with E-state index in [0.29, 0.717) is 0 Å². The molecule has 0 aliphatic rings. The molecule has 0 amide bonds. The second-order valence-corrected chi connectivity index (χ2v) is 2.95. The summed E-state index contributed by atoms with van der Waals surface area (Å²) in [4.78, 5) is 14.0. The van der Waals surface area contributed by atoms with E-state index in [4.69, 9.17) is 0 Å². The summed E-state index contributed by atoms with van der Waals surface area (Å²) in [5, 5.41) is 10.5. The van der Waals surface area contributed by atoms with Gasteiger partial charge in [-0.2, -0.15) is 0 Å². The number of aromatic nitrogens is 1. The molecule has 0 bridgehead atoms. The molecule has 1 heterocycles. The second kappa shape index (κ2) is 3.98. The Morgan fingerprint density at radius 1 is 1.54 bits per heavy atom. The van der Waals surface area contributed by atoms with Gasteiger partial charge in [0.05, 0.1) is 4.92 Å². The van der Waals surface area contributed by atoms with E-state index in [0.717, 1.165) is 24.0 Å². The lowest BCUT2D eigenvalue weighted by Crippen LogP contribution is -1.97. The monoisotopic (exact) mass is 180 g/mol. The fourth-order valence-corrected chi connectivity index (χ4v) is 1.26. The van der Waals surface area contributed by atoms with E-state index >= 15 is 0 Å². The Kier molecular flexibility index (Phi) is 2.95. The molecule has 0 atom stereocenters. The predicted octanol–water partition coefficient (Wildman–Crippen LogP) is 2.25. The van der Waals surface area contributed by atoms with Crippen molar-refractivity contribution in [3.63, 3.8) is 0 Å². The van der Waals surface area contributed by atoms with Gasteiger partial charge in [0.1, 0.15) is 6.20 Å². The van der Waals surface area contributed by atoms with Gasteiger partial charge in [0, 0.05) is 11.8 Å². The molecular formula is C9H12N2O2. The highest BCUT2D eigenvalue weighted by Crippen LogP contribution is 2.20. The lowest BCUT2D eigenvalue weighted by Gasteiger charge is -2.02. The van der Waals surface area contributed by atoms with Crippen LogP contribution in [0.4, 0.5) is 5.69 Å². The van der Waals surface area contributed by atoms with E-state index in [1.807, 2.05) is 6.92 Å². The van der Waals surface area contributed by atoms with Crippen molar-refractivity contribution in [2.45, 2.75) is 26.7 Å². The van der Waals surface area contributed by atoms with Crippen molar-refractivity contribution in [1.29, 1.82) is 0 Å². The Bertz CT molecular complexity index is 323. The molecule has 0 unspecified atom stereocenters. The summed E-state index contributed by atoms with van der Waals surface area (Å²) in [6.07, 6.45) is 4.82. The molecule has 4 heteroatoms.